The molecule has 7 nitrogen and oxygen atoms in total. The number of carbonyl (C=O) groups excluding carboxylic acids is 1. The van der Waals surface area contributed by atoms with Gasteiger partial charge in [0.1, 0.15) is 17.9 Å². The molecule has 0 bridgehead atoms. The molecule has 8 heteroatoms. The SMILES string of the molecule is CN(c1cnc2cnn(CC(=O)N3Cc4ccc(Br)cc4C3)c2n1)C1CC2(CC2)C1. The van der Waals surface area contributed by atoms with Gasteiger partial charge in [-0.25, -0.2) is 14.6 Å². The Labute approximate surface area is 183 Å². The molecule has 0 unspecified atom stereocenters. The maximum absolute atomic E-state index is 13.0. The second-order valence-electron chi connectivity index (χ2n) is 9.08. The van der Waals surface area contributed by atoms with Gasteiger partial charge in [-0.15, -0.1) is 0 Å². The second kappa shape index (κ2) is 6.51. The smallest absolute Gasteiger partial charge is 0.244 e. The molecule has 1 aliphatic heterocycles. The number of benzene rings is 1. The lowest BCUT2D eigenvalue weighted by molar-refractivity contribution is -0.132. The summed E-state index contributed by atoms with van der Waals surface area (Å²) in [6.45, 7) is 1.45. The van der Waals surface area contributed by atoms with Gasteiger partial charge in [-0.05, 0) is 54.4 Å². The Morgan fingerprint density at radius 3 is 2.83 bits per heavy atom. The van der Waals surface area contributed by atoms with Gasteiger partial charge >= 0.3 is 0 Å². The van der Waals surface area contributed by atoms with E-state index in [0.717, 1.165) is 15.8 Å². The van der Waals surface area contributed by atoms with E-state index in [-0.39, 0.29) is 12.5 Å². The molecule has 0 N–H and O–H groups in total. The van der Waals surface area contributed by atoms with Gasteiger partial charge in [-0.3, -0.25) is 4.79 Å². The standard InChI is InChI=1S/C22H23BrN6O/c1-27(17-7-22(8-17)4-5-22)19-10-24-18-9-25-29(21(18)26-19)13-20(30)28-11-14-2-3-16(23)6-15(14)12-28/h2-3,6,9-10,17H,4-5,7-8,11-13H2,1H3. The van der Waals surface area contributed by atoms with Gasteiger partial charge < -0.3 is 9.80 Å². The summed E-state index contributed by atoms with van der Waals surface area (Å²) >= 11 is 3.51. The van der Waals surface area contributed by atoms with Crippen molar-refractivity contribution in [3.8, 4) is 0 Å². The van der Waals surface area contributed by atoms with E-state index in [9.17, 15) is 4.79 Å². The van der Waals surface area contributed by atoms with Crippen LogP contribution in [0, 0.1) is 5.41 Å². The van der Waals surface area contributed by atoms with E-state index in [4.69, 9.17) is 4.98 Å². The number of carbonyl (C=O) groups is 1. The van der Waals surface area contributed by atoms with E-state index in [2.05, 4.69) is 50.1 Å². The Hall–Kier alpha value is -2.48. The number of nitrogens with zero attached hydrogens (tertiary/aromatic N) is 6. The van der Waals surface area contributed by atoms with Crippen molar-refractivity contribution in [1.82, 2.24) is 24.6 Å². The Balaban J connectivity index is 1.20. The van der Waals surface area contributed by atoms with E-state index in [1.54, 1.807) is 10.9 Å². The average molecular weight is 467 g/mol. The lowest BCUT2D eigenvalue weighted by Gasteiger charge is -2.42. The molecule has 3 heterocycles. The highest BCUT2D eigenvalue weighted by Crippen LogP contribution is 2.61. The number of aromatic nitrogens is 4. The van der Waals surface area contributed by atoms with Gasteiger partial charge in [0.15, 0.2) is 5.65 Å². The molecule has 3 aliphatic rings. The molecule has 0 atom stereocenters. The van der Waals surface area contributed by atoms with E-state index >= 15 is 0 Å². The molecule has 0 radical (unpaired) electrons. The Bertz CT molecular complexity index is 1160. The highest BCUT2D eigenvalue weighted by atomic mass is 79.9. The molecule has 0 saturated heterocycles. The fourth-order valence-electron chi connectivity index (χ4n) is 4.88. The molecular weight excluding hydrogens is 444 g/mol. The minimum Gasteiger partial charge on any atom is -0.355 e. The Kier molecular flexibility index (Phi) is 3.97. The Morgan fingerprint density at radius 1 is 1.23 bits per heavy atom. The fourth-order valence-corrected chi connectivity index (χ4v) is 5.29. The molecule has 2 fully saturated rings. The fraction of sp³-hybridized carbons (Fsp3) is 0.455. The van der Waals surface area contributed by atoms with Gasteiger partial charge in [0.05, 0.1) is 12.4 Å². The first-order valence-electron chi connectivity index (χ1n) is 10.5. The summed E-state index contributed by atoms with van der Waals surface area (Å²) in [4.78, 5) is 26.4. The van der Waals surface area contributed by atoms with Crippen LogP contribution in [0.2, 0.25) is 0 Å². The van der Waals surface area contributed by atoms with Gasteiger partial charge in [-0.2, -0.15) is 5.10 Å². The maximum atomic E-state index is 13.0. The minimum absolute atomic E-state index is 0.0440. The van der Waals surface area contributed by atoms with Gasteiger partial charge in [0.25, 0.3) is 0 Å². The molecule has 1 aromatic carbocycles. The van der Waals surface area contributed by atoms with Crippen molar-refractivity contribution < 1.29 is 4.79 Å². The number of amides is 1. The van der Waals surface area contributed by atoms with E-state index in [1.807, 2.05) is 17.2 Å². The molecule has 6 rings (SSSR count). The van der Waals surface area contributed by atoms with Crippen LogP contribution in [0.4, 0.5) is 5.82 Å². The molecule has 2 aromatic heterocycles. The summed E-state index contributed by atoms with van der Waals surface area (Å²) in [5.41, 5.74) is 4.44. The normalized spacial score (nSPS) is 19.2. The van der Waals surface area contributed by atoms with Crippen molar-refractivity contribution in [3.05, 3.63) is 46.2 Å². The summed E-state index contributed by atoms with van der Waals surface area (Å²) in [5, 5.41) is 4.40. The number of anilines is 1. The minimum atomic E-state index is 0.0440. The van der Waals surface area contributed by atoms with Crippen molar-refractivity contribution in [1.29, 1.82) is 0 Å². The highest BCUT2D eigenvalue weighted by Gasteiger charge is 2.54. The first-order chi connectivity index (χ1) is 14.5. The molecule has 154 valence electrons. The first-order valence-corrected chi connectivity index (χ1v) is 11.3. The summed E-state index contributed by atoms with van der Waals surface area (Å²) in [5.74, 6) is 0.901. The van der Waals surface area contributed by atoms with E-state index in [1.165, 1.54) is 36.8 Å². The number of hydrogen-bond donors (Lipinski definition) is 0. The van der Waals surface area contributed by atoms with Crippen LogP contribution in [0.5, 0.6) is 0 Å². The van der Waals surface area contributed by atoms with Crippen molar-refractivity contribution in [2.75, 3.05) is 11.9 Å². The van der Waals surface area contributed by atoms with Crippen LogP contribution in [0.15, 0.2) is 35.1 Å². The van der Waals surface area contributed by atoms with Gasteiger partial charge in [0.2, 0.25) is 5.91 Å². The van der Waals surface area contributed by atoms with E-state index in [0.29, 0.717) is 30.2 Å². The van der Waals surface area contributed by atoms with Gasteiger partial charge in [-0.1, -0.05) is 22.0 Å². The summed E-state index contributed by atoms with van der Waals surface area (Å²) in [6.07, 6.45) is 8.79. The van der Waals surface area contributed by atoms with Crippen molar-refractivity contribution in [3.63, 3.8) is 0 Å². The third-order valence-electron chi connectivity index (χ3n) is 7.06. The highest BCUT2D eigenvalue weighted by molar-refractivity contribution is 9.10. The summed E-state index contributed by atoms with van der Waals surface area (Å²) < 4.78 is 2.73. The van der Waals surface area contributed by atoms with Crippen molar-refractivity contribution in [2.45, 2.75) is 51.4 Å². The largest absolute Gasteiger partial charge is 0.355 e. The topological polar surface area (TPSA) is 67.2 Å². The predicted molar refractivity (Wildman–Crippen MR) is 117 cm³/mol. The average Bonchev–Trinajstić information content (AvgIpc) is 3.26. The third kappa shape index (κ3) is 3.00. The number of rotatable bonds is 4. The Morgan fingerprint density at radius 2 is 2.03 bits per heavy atom. The zero-order valence-corrected chi connectivity index (χ0v) is 18.5. The number of fused-ring (bicyclic) bond motifs is 2. The van der Waals surface area contributed by atoms with Crippen LogP contribution in [-0.4, -0.2) is 43.6 Å². The molecule has 2 saturated carbocycles. The summed E-state index contributed by atoms with van der Waals surface area (Å²) in [6, 6.07) is 6.73. The second-order valence-corrected chi connectivity index (χ2v) is 9.99. The summed E-state index contributed by atoms with van der Waals surface area (Å²) in [7, 11) is 2.10. The van der Waals surface area contributed by atoms with Crippen LogP contribution in [0.25, 0.3) is 11.2 Å². The molecule has 1 amide bonds. The third-order valence-corrected chi connectivity index (χ3v) is 7.56. The molecular formula is C22H23BrN6O. The predicted octanol–water partition coefficient (Wildman–Crippen LogP) is 3.51. The maximum Gasteiger partial charge on any atom is 0.244 e. The van der Waals surface area contributed by atoms with Crippen molar-refractivity contribution >= 4 is 38.8 Å². The number of hydrogen-bond acceptors (Lipinski definition) is 5. The lowest BCUT2D eigenvalue weighted by Crippen LogP contribution is -2.44. The monoisotopic (exact) mass is 466 g/mol. The zero-order valence-electron chi connectivity index (χ0n) is 16.9. The van der Waals surface area contributed by atoms with Crippen LogP contribution in [-0.2, 0) is 24.4 Å². The van der Waals surface area contributed by atoms with Crippen LogP contribution >= 0.6 is 15.9 Å². The first kappa shape index (κ1) is 18.3. The van der Waals surface area contributed by atoms with E-state index < -0.39 is 0 Å². The molecule has 1 spiro atoms. The molecule has 30 heavy (non-hydrogen) atoms. The van der Waals surface area contributed by atoms with Crippen LogP contribution in [0.3, 0.4) is 0 Å². The number of halogens is 1. The quantitative estimate of drug-likeness (QED) is 0.588. The molecule has 3 aromatic rings. The van der Waals surface area contributed by atoms with Crippen molar-refractivity contribution in [2.24, 2.45) is 5.41 Å². The molecule has 2 aliphatic carbocycles. The zero-order chi connectivity index (χ0) is 20.5. The van der Waals surface area contributed by atoms with Crippen LogP contribution in [0.1, 0.15) is 36.8 Å². The lowest BCUT2D eigenvalue weighted by atomic mass is 9.76. The van der Waals surface area contributed by atoms with Gasteiger partial charge in [0, 0.05) is 30.7 Å². The van der Waals surface area contributed by atoms with Crippen LogP contribution < -0.4 is 4.90 Å².